The molecule has 5 nitrogen and oxygen atoms in total. The first-order chi connectivity index (χ1) is 14.0. The van der Waals surface area contributed by atoms with E-state index in [9.17, 15) is 26.4 Å². The smallest absolute Gasteiger partial charge is 0.309 e. The average molecular weight is 440 g/mol. The van der Waals surface area contributed by atoms with Crippen LogP contribution in [0.25, 0.3) is 0 Å². The van der Waals surface area contributed by atoms with E-state index in [1.807, 2.05) is 31.2 Å². The zero-order valence-corrected chi connectivity index (χ0v) is 17.5. The molecule has 9 heteroatoms. The normalized spacial score (nSPS) is 16.4. The van der Waals surface area contributed by atoms with Crippen LogP contribution in [-0.4, -0.2) is 33.2 Å². The molecule has 3 rings (SSSR count). The molecule has 0 N–H and O–H groups in total. The molecule has 1 atom stereocenters. The summed E-state index contributed by atoms with van der Waals surface area (Å²) in [5.41, 5.74) is 0.944. The van der Waals surface area contributed by atoms with Crippen LogP contribution in [0.1, 0.15) is 30.9 Å². The SMILES string of the molecule is C[C@H]1Cc2ccccc2N1C(=O)CCCN(c1cccc(C(F)(F)F)c1)S(C)(=O)=O. The summed E-state index contributed by atoms with van der Waals surface area (Å²) in [6, 6.07) is 11.8. The number of hydrogen-bond acceptors (Lipinski definition) is 3. The summed E-state index contributed by atoms with van der Waals surface area (Å²) in [6.45, 7) is 1.86. The van der Waals surface area contributed by atoms with E-state index in [1.54, 1.807) is 4.90 Å². The molecule has 2 aromatic carbocycles. The molecule has 0 radical (unpaired) electrons. The van der Waals surface area contributed by atoms with Crippen molar-refractivity contribution in [2.24, 2.45) is 0 Å². The molecule has 1 heterocycles. The van der Waals surface area contributed by atoms with Crippen LogP contribution in [0.15, 0.2) is 48.5 Å². The largest absolute Gasteiger partial charge is 0.416 e. The lowest BCUT2D eigenvalue weighted by molar-refractivity contribution is -0.137. The lowest BCUT2D eigenvalue weighted by Gasteiger charge is -2.25. The Balaban J connectivity index is 1.72. The van der Waals surface area contributed by atoms with Gasteiger partial charge in [-0.15, -0.1) is 0 Å². The van der Waals surface area contributed by atoms with Gasteiger partial charge >= 0.3 is 6.18 Å². The molecule has 1 amide bonds. The van der Waals surface area contributed by atoms with E-state index in [4.69, 9.17) is 0 Å². The van der Waals surface area contributed by atoms with Crippen LogP contribution < -0.4 is 9.21 Å². The van der Waals surface area contributed by atoms with Crippen molar-refractivity contribution in [1.82, 2.24) is 0 Å². The van der Waals surface area contributed by atoms with Gasteiger partial charge in [0.05, 0.1) is 17.5 Å². The van der Waals surface area contributed by atoms with Gasteiger partial charge in [-0.3, -0.25) is 9.10 Å². The minimum Gasteiger partial charge on any atom is -0.309 e. The van der Waals surface area contributed by atoms with Gasteiger partial charge in [-0.2, -0.15) is 13.2 Å². The molecule has 0 fully saturated rings. The van der Waals surface area contributed by atoms with Gasteiger partial charge in [-0.25, -0.2) is 8.42 Å². The Kier molecular flexibility index (Phi) is 6.12. The standard InChI is InChI=1S/C21H23F3N2O3S/c1-15-13-16-7-3-4-10-19(16)26(15)20(27)11-6-12-25(30(2,28)29)18-9-5-8-17(14-18)21(22,23)24/h3-5,7-10,14-15H,6,11-13H2,1-2H3/t15-/m0/s1. The zero-order chi connectivity index (χ0) is 22.1. The van der Waals surface area contributed by atoms with E-state index in [1.165, 1.54) is 12.1 Å². The first-order valence-corrected chi connectivity index (χ1v) is 11.4. The third-order valence-corrected chi connectivity index (χ3v) is 6.28. The fourth-order valence-electron chi connectivity index (χ4n) is 3.76. The van der Waals surface area contributed by atoms with Gasteiger partial charge in [-0.05, 0) is 49.6 Å². The third kappa shape index (κ3) is 4.77. The van der Waals surface area contributed by atoms with Crippen molar-refractivity contribution < 1.29 is 26.4 Å². The van der Waals surface area contributed by atoms with Crippen LogP contribution in [0.4, 0.5) is 24.5 Å². The topological polar surface area (TPSA) is 57.7 Å². The van der Waals surface area contributed by atoms with Crippen molar-refractivity contribution in [1.29, 1.82) is 0 Å². The highest BCUT2D eigenvalue weighted by molar-refractivity contribution is 7.92. The molecule has 0 saturated carbocycles. The number of alkyl halides is 3. The van der Waals surface area contributed by atoms with E-state index in [-0.39, 0.29) is 37.0 Å². The second kappa shape index (κ2) is 8.29. The molecular weight excluding hydrogens is 417 g/mol. The number of rotatable bonds is 6. The van der Waals surface area contributed by atoms with E-state index < -0.39 is 21.8 Å². The summed E-state index contributed by atoms with van der Waals surface area (Å²) in [7, 11) is -3.82. The van der Waals surface area contributed by atoms with Gasteiger partial charge in [0.15, 0.2) is 0 Å². The molecule has 0 unspecified atom stereocenters. The molecule has 162 valence electrons. The van der Waals surface area contributed by atoms with Crippen LogP contribution in [0.3, 0.4) is 0 Å². The molecule has 0 bridgehead atoms. The van der Waals surface area contributed by atoms with Crippen molar-refractivity contribution in [3.63, 3.8) is 0 Å². The number of amides is 1. The number of nitrogens with zero attached hydrogens (tertiary/aromatic N) is 2. The van der Waals surface area contributed by atoms with Crippen LogP contribution in [0.2, 0.25) is 0 Å². The van der Waals surface area contributed by atoms with Crippen molar-refractivity contribution in [2.45, 2.75) is 38.4 Å². The molecular formula is C21H23F3N2O3S. The van der Waals surface area contributed by atoms with Crippen molar-refractivity contribution >= 4 is 27.3 Å². The van der Waals surface area contributed by atoms with Crippen molar-refractivity contribution in [3.05, 3.63) is 59.7 Å². The van der Waals surface area contributed by atoms with Crippen molar-refractivity contribution in [3.8, 4) is 0 Å². The van der Waals surface area contributed by atoms with Gasteiger partial charge in [-0.1, -0.05) is 24.3 Å². The Morgan fingerprint density at radius 3 is 2.53 bits per heavy atom. The van der Waals surface area contributed by atoms with Gasteiger partial charge in [0, 0.05) is 24.7 Å². The molecule has 1 aliphatic rings. The first-order valence-electron chi connectivity index (χ1n) is 9.53. The fraction of sp³-hybridized carbons (Fsp3) is 0.381. The number of anilines is 2. The van der Waals surface area contributed by atoms with Gasteiger partial charge in [0.2, 0.25) is 15.9 Å². The van der Waals surface area contributed by atoms with E-state index >= 15 is 0 Å². The number of sulfonamides is 1. The minimum absolute atomic E-state index is 0.00405. The summed E-state index contributed by atoms with van der Waals surface area (Å²) in [5.74, 6) is -0.134. The highest BCUT2D eigenvalue weighted by Gasteiger charge is 2.32. The van der Waals surface area contributed by atoms with E-state index in [0.29, 0.717) is 0 Å². The molecule has 0 spiro atoms. The summed E-state index contributed by atoms with van der Waals surface area (Å²) >= 11 is 0. The fourth-order valence-corrected chi connectivity index (χ4v) is 4.72. The second-order valence-corrected chi connectivity index (χ2v) is 9.34. The minimum atomic E-state index is -4.57. The number of benzene rings is 2. The third-order valence-electron chi connectivity index (χ3n) is 5.09. The number of para-hydroxylation sites is 1. The Morgan fingerprint density at radius 2 is 1.87 bits per heavy atom. The maximum Gasteiger partial charge on any atom is 0.416 e. The number of hydrogen-bond donors (Lipinski definition) is 0. The molecule has 2 aromatic rings. The quantitative estimate of drug-likeness (QED) is 0.676. The Hall–Kier alpha value is -2.55. The molecule has 0 saturated heterocycles. The van der Waals surface area contributed by atoms with Gasteiger partial charge in [0.1, 0.15) is 0 Å². The number of carbonyl (C=O) groups is 1. The maximum absolute atomic E-state index is 13.0. The molecule has 0 aliphatic carbocycles. The summed E-state index contributed by atoms with van der Waals surface area (Å²) in [6.07, 6.45) is -2.61. The highest BCUT2D eigenvalue weighted by Crippen LogP contribution is 2.34. The molecule has 0 aromatic heterocycles. The number of halogens is 3. The van der Waals surface area contributed by atoms with Gasteiger partial charge < -0.3 is 4.90 Å². The lowest BCUT2D eigenvalue weighted by atomic mass is 10.1. The summed E-state index contributed by atoms with van der Waals surface area (Å²) in [5, 5.41) is 0. The van der Waals surface area contributed by atoms with Gasteiger partial charge in [0.25, 0.3) is 0 Å². The van der Waals surface area contributed by atoms with Crippen LogP contribution in [-0.2, 0) is 27.4 Å². The molecule has 1 aliphatic heterocycles. The Labute approximate surface area is 174 Å². The van der Waals surface area contributed by atoms with Crippen molar-refractivity contribution in [2.75, 3.05) is 22.0 Å². The summed E-state index contributed by atoms with van der Waals surface area (Å²) < 4.78 is 64.3. The zero-order valence-electron chi connectivity index (χ0n) is 16.7. The predicted octanol–water partition coefficient (Wildman–Crippen LogP) is 4.23. The first kappa shape index (κ1) is 22.1. The lowest BCUT2D eigenvalue weighted by Crippen LogP contribution is -2.37. The predicted molar refractivity (Wildman–Crippen MR) is 110 cm³/mol. The van der Waals surface area contributed by atoms with E-state index in [0.717, 1.165) is 40.4 Å². The highest BCUT2D eigenvalue weighted by atomic mass is 32.2. The summed E-state index contributed by atoms with van der Waals surface area (Å²) in [4.78, 5) is 14.5. The number of carbonyl (C=O) groups excluding carboxylic acids is 1. The Bertz CT molecular complexity index is 1040. The van der Waals surface area contributed by atoms with Crippen LogP contribution >= 0.6 is 0 Å². The molecule has 30 heavy (non-hydrogen) atoms. The Morgan fingerprint density at radius 1 is 1.17 bits per heavy atom. The average Bonchev–Trinajstić information content (AvgIpc) is 2.99. The van der Waals surface area contributed by atoms with E-state index in [2.05, 4.69) is 0 Å². The van der Waals surface area contributed by atoms with Crippen LogP contribution in [0, 0.1) is 0 Å². The number of fused-ring (bicyclic) bond motifs is 1. The van der Waals surface area contributed by atoms with Crippen LogP contribution in [0.5, 0.6) is 0 Å². The second-order valence-electron chi connectivity index (χ2n) is 7.43. The maximum atomic E-state index is 13.0. The monoisotopic (exact) mass is 440 g/mol.